The second kappa shape index (κ2) is 33.5. The van der Waals surface area contributed by atoms with Crippen LogP contribution in [0.5, 0.6) is 51.7 Å². The van der Waals surface area contributed by atoms with Crippen LogP contribution >= 0.6 is 34.0 Å². The normalized spacial score (nSPS) is 16.1. The van der Waals surface area contributed by atoms with Gasteiger partial charge in [0.2, 0.25) is 17.3 Å². The monoisotopic (exact) mass is 1470 g/mol. The number of aryl methyl sites for hydroxylation is 5. The molecule has 6 heterocycles. The Balaban J connectivity index is 0.000000141. The molecule has 0 spiro atoms. The smallest absolute Gasteiger partial charge is 0.207 e. The van der Waals surface area contributed by atoms with Crippen LogP contribution in [-0.2, 0) is 25.7 Å². The van der Waals surface area contributed by atoms with E-state index in [9.17, 15) is 34.1 Å². The molecular formula is C90H92FN3O9S3. The number of ether oxygens (including phenoxy) is 3. The number of likely N-dealkylation sites (tertiary alicyclic amines) is 3. The molecule has 3 saturated heterocycles. The summed E-state index contributed by atoms with van der Waals surface area (Å²) >= 11 is 4.00. The summed E-state index contributed by atoms with van der Waals surface area (Å²) in [4.78, 5) is 50.2. The fraction of sp³-hybridized carbons (Fsp3) is 0.300. The number of ketones is 3. The second-order valence-electron chi connectivity index (χ2n) is 29.1. The Labute approximate surface area is 632 Å². The number of fused-ring (bicyclic) bond motifs is 3. The average Bonchev–Trinajstić information content (AvgIpc) is 1.64. The van der Waals surface area contributed by atoms with Crippen LogP contribution in [0.2, 0.25) is 0 Å². The minimum Gasteiger partial charge on any atom is -0.508 e. The van der Waals surface area contributed by atoms with Crippen molar-refractivity contribution in [1.82, 2.24) is 14.7 Å². The Kier molecular flexibility index (Phi) is 23.6. The standard InChI is InChI=1S/C30H30FNO3S.2C30H31NO3S/c1-18-10-12-32(17-18)13-11-21-4-7-24(8-5-21)35-29-25-9-6-23(33)16-26(25)36-30(29)28(34)27-19(2)14-22(31)15-20(27)3;1-19-13-15-31(18-19)16-14-22-7-10-24(11-8-22)34-29-25-12-9-23(32)17-26(25)35-30(29)28(33)27-20(2)5-4-6-21(27)3;1-3-22-6-4-5-7-25(22)28(33)30-29(26-13-10-23(32)18-27(26)35-30)34-24-11-8-21(9-12-24)15-17-31-16-14-20(2)19-31/h4-9,14-16,18,33H,10-13,17H2,1-3H3;4-12,17,19,32H,13-16,18H2,1-3H3;4-13,18,20,32H,3,14-17,19H2,1-2H3/t18-;19-;20-/m000/s1. The fourth-order valence-corrected chi connectivity index (χ4v) is 18.2. The number of nitrogens with zero attached hydrogens (tertiary/aromatic N) is 3. The van der Waals surface area contributed by atoms with Gasteiger partial charge in [-0.15, -0.1) is 34.0 Å². The summed E-state index contributed by atoms with van der Waals surface area (Å²) in [6.45, 7) is 26.7. The number of hydrogen-bond donors (Lipinski definition) is 3. The molecule has 16 heteroatoms. The number of carbonyl (C=O) groups is 3. The first-order valence-electron chi connectivity index (χ1n) is 37.0. The quantitative estimate of drug-likeness (QED) is 0.0555. The molecule has 3 aromatic heterocycles. The molecule has 3 aliphatic rings. The SMILES string of the molecule is CCc1ccccc1C(=O)c1sc2cc(O)ccc2c1Oc1ccc(CCN2CC[C@H](C)C2)cc1.Cc1cc(F)cc(C)c1C(=O)c1sc2cc(O)ccc2c1Oc1ccc(CCN2CC[C@H](C)C2)cc1.Cc1cccc(C)c1C(=O)c1sc2cc(O)ccc2c1Oc1ccc(CCN2CC[C@H](C)C2)cc1. The highest BCUT2D eigenvalue weighted by Gasteiger charge is 2.29. The zero-order valence-electron chi connectivity index (χ0n) is 61.6. The molecule has 0 amide bonds. The molecule has 0 saturated carbocycles. The van der Waals surface area contributed by atoms with Gasteiger partial charge in [-0.3, -0.25) is 14.4 Å². The molecule has 0 aliphatic carbocycles. The Morgan fingerprint density at radius 2 is 0.764 bits per heavy atom. The molecular weight excluding hydrogens is 1380 g/mol. The maximum absolute atomic E-state index is 13.9. The predicted octanol–water partition coefficient (Wildman–Crippen LogP) is 21.5. The number of benzene rings is 9. The summed E-state index contributed by atoms with van der Waals surface area (Å²) < 4.78 is 35.3. The molecule has 3 N–H and O–H groups in total. The van der Waals surface area contributed by atoms with Gasteiger partial charge in [0.25, 0.3) is 0 Å². The maximum atomic E-state index is 13.9. The van der Waals surface area contributed by atoms with E-state index < -0.39 is 0 Å². The Hall–Kier alpha value is -9.52. The number of aromatic hydroxyl groups is 3. The maximum Gasteiger partial charge on any atom is 0.207 e. The van der Waals surface area contributed by atoms with Crippen LogP contribution < -0.4 is 14.2 Å². The minimum atomic E-state index is -0.362. The van der Waals surface area contributed by atoms with Crippen LogP contribution in [0.3, 0.4) is 0 Å². The fourth-order valence-electron chi connectivity index (χ4n) is 14.9. The number of phenolic OH excluding ortho intramolecular Hbond substituents is 3. The Bertz CT molecular complexity index is 5110. The highest BCUT2D eigenvalue weighted by atomic mass is 32.1. The molecule has 106 heavy (non-hydrogen) atoms. The highest BCUT2D eigenvalue weighted by molar-refractivity contribution is 7.22. The molecule has 12 nitrogen and oxygen atoms in total. The highest BCUT2D eigenvalue weighted by Crippen LogP contribution is 2.47. The van der Waals surface area contributed by atoms with Crippen molar-refractivity contribution < 1.29 is 48.3 Å². The lowest BCUT2D eigenvalue weighted by atomic mass is 9.97. The van der Waals surface area contributed by atoms with E-state index in [2.05, 4.69) is 78.8 Å². The molecule has 3 fully saturated rings. The van der Waals surface area contributed by atoms with Crippen LogP contribution in [-0.4, -0.2) is 106 Å². The zero-order chi connectivity index (χ0) is 74.3. The Morgan fingerprint density at radius 1 is 0.425 bits per heavy atom. The van der Waals surface area contributed by atoms with Gasteiger partial charge < -0.3 is 44.2 Å². The van der Waals surface area contributed by atoms with Crippen LogP contribution in [0, 0.1) is 51.3 Å². The summed E-state index contributed by atoms with van der Waals surface area (Å²) in [5, 5.41) is 32.4. The number of rotatable bonds is 22. The van der Waals surface area contributed by atoms with E-state index in [1.165, 1.54) is 121 Å². The van der Waals surface area contributed by atoms with Crippen LogP contribution in [0.15, 0.2) is 182 Å². The van der Waals surface area contributed by atoms with E-state index in [1.54, 1.807) is 56.3 Å². The summed E-state index contributed by atoms with van der Waals surface area (Å²) in [7, 11) is 0. The first kappa shape index (κ1) is 74.7. The zero-order valence-corrected chi connectivity index (χ0v) is 64.1. The van der Waals surface area contributed by atoms with Crippen molar-refractivity contribution in [3.05, 3.63) is 264 Å². The van der Waals surface area contributed by atoms with Crippen molar-refractivity contribution in [3.63, 3.8) is 0 Å². The summed E-state index contributed by atoms with van der Waals surface area (Å²) in [6, 6.07) is 56.1. The molecule has 12 aromatic rings. The summed E-state index contributed by atoms with van der Waals surface area (Å²) in [5.74, 6) is 5.80. The van der Waals surface area contributed by atoms with Crippen LogP contribution in [0.25, 0.3) is 30.3 Å². The van der Waals surface area contributed by atoms with Crippen molar-refractivity contribution in [3.8, 4) is 51.7 Å². The van der Waals surface area contributed by atoms with Gasteiger partial charge in [-0.2, -0.15) is 0 Å². The number of phenols is 3. The van der Waals surface area contributed by atoms with Crippen molar-refractivity contribution in [2.45, 2.75) is 100 Å². The van der Waals surface area contributed by atoms with Gasteiger partial charge in [-0.1, -0.05) is 107 Å². The van der Waals surface area contributed by atoms with Gasteiger partial charge >= 0.3 is 0 Å². The minimum absolute atomic E-state index is 0.0467. The lowest BCUT2D eigenvalue weighted by molar-refractivity contribution is 0.103. The van der Waals surface area contributed by atoms with E-state index in [-0.39, 0.29) is 40.4 Å². The predicted molar refractivity (Wildman–Crippen MR) is 430 cm³/mol. The first-order chi connectivity index (χ1) is 51.2. The second-order valence-corrected chi connectivity index (χ2v) is 32.2. The third-order valence-electron chi connectivity index (χ3n) is 20.7. The van der Waals surface area contributed by atoms with Gasteiger partial charge in [0, 0.05) is 86.2 Å². The molecule has 9 aromatic carbocycles. The number of thiophene rings is 3. The number of hydrogen-bond acceptors (Lipinski definition) is 15. The van der Waals surface area contributed by atoms with Crippen LogP contribution in [0.4, 0.5) is 4.39 Å². The number of carbonyl (C=O) groups excluding carboxylic acids is 3. The summed E-state index contributed by atoms with van der Waals surface area (Å²) in [5.41, 5.74) is 9.76. The molecule has 0 bridgehead atoms. The van der Waals surface area contributed by atoms with Gasteiger partial charge in [0.05, 0.1) is 0 Å². The van der Waals surface area contributed by atoms with Crippen LogP contribution in [0.1, 0.15) is 137 Å². The van der Waals surface area contributed by atoms with E-state index in [1.807, 2.05) is 105 Å². The molecule has 0 radical (unpaired) electrons. The topological polar surface area (TPSA) is 149 Å². The van der Waals surface area contributed by atoms with Crippen molar-refractivity contribution in [2.24, 2.45) is 17.8 Å². The molecule has 15 rings (SSSR count). The van der Waals surface area contributed by atoms with E-state index in [0.717, 1.165) is 110 Å². The van der Waals surface area contributed by atoms with Crippen molar-refractivity contribution in [2.75, 3.05) is 58.9 Å². The largest absolute Gasteiger partial charge is 0.508 e. The average molecular weight is 1470 g/mol. The van der Waals surface area contributed by atoms with E-state index >= 15 is 0 Å². The molecule has 0 unspecified atom stereocenters. The van der Waals surface area contributed by atoms with E-state index in [4.69, 9.17) is 14.2 Å². The van der Waals surface area contributed by atoms with Gasteiger partial charge in [0.15, 0.2) is 17.2 Å². The van der Waals surface area contributed by atoms with Gasteiger partial charge in [-0.25, -0.2) is 4.39 Å². The third-order valence-corrected chi connectivity index (χ3v) is 24.1. The lowest BCUT2D eigenvalue weighted by Crippen LogP contribution is -2.22. The molecule has 3 aliphatic heterocycles. The summed E-state index contributed by atoms with van der Waals surface area (Å²) in [6.07, 6.45) is 7.67. The third kappa shape index (κ3) is 17.6. The van der Waals surface area contributed by atoms with Gasteiger partial charge in [-0.05, 0) is 258 Å². The Morgan fingerprint density at radius 3 is 1.10 bits per heavy atom. The molecule has 546 valence electrons. The van der Waals surface area contributed by atoms with E-state index in [0.29, 0.717) is 76.9 Å². The lowest BCUT2D eigenvalue weighted by Gasteiger charge is -2.15. The number of halogens is 1. The van der Waals surface area contributed by atoms with Crippen molar-refractivity contribution in [1.29, 1.82) is 0 Å². The van der Waals surface area contributed by atoms with Crippen molar-refractivity contribution >= 4 is 81.6 Å². The van der Waals surface area contributed by atoms with Gasteiger partial charge in [0.1, 0.15) is 54.9 Å². The molecule has 3 atom stereocenters. The first-order valence-corrected chi connectivity index (χ1v) is 39.4.